The number of thiocarbonyl (C=S) groups is 1. The summed E-state index contributed by atoms with van der Waals surface area (Å²) < 4.78 is 5.92. The van der Waals surface area contributed by atoms with Gasteiger partial charge in [0.25, 0.3) is 11.8 Å². The van der Waals surface area contributed by atoms with E-state index < -0.39 is 11.8 Å². The van der Waals surface area contributed by atoms with Gasteiger partial charge in [-0.1, -0.05) is 77.8 Å². The summed E-state index contributed by atoms with van der Waals surface area (Å²) >= 11 is 17.6. The van der Waals surface area contributed by atoms with Crippen molar-refractivity contribution in [3.05, 3.63) is 112 Å². The molecule has 4 aromatic carbocycles. The number of fused-ring (bicyclic) bond motifs is 1. The quantitative estimate of drug-likeness (QED) is 0.179. The molecule has 1 aliphatic heterocycles. The summed E-state index contributed by atoms with van der Waals surface area (Å²) in [6.45, 7) is 0.416. The van der Waals surface area contributed by atoms with Crippen molar-refractivity contribution in [1.82, 2.24) is 5.32 Å². The van der Waals surface area contributed by atoms with Crippen LogP contribution in [0.25, 0.3) is 16.8 Å². The number of nitrogens with zero attached hydrogens (tertiary/aromatic N) is 1. The predicted molar refractivity (Wildman–Crippen MR) is 147 cm³/mol. The molecule has 0 bridgehead atoms. The van der Waals surface area contributed by atoms with Crippen LogP contribution < -0.4 is 15.0 Å². The molecular weight excluding hydrogens is 515 g/mol. The second-order valence-corrected chi connectivity index (χ2v) is 9.24. The van der Waals surface area contributed by atoms with Gasteiger partial charge in [0.15, 0.2) is 5.11 Å². The molecule has 1 heterocycles. The fourth-order valence-electron chi connectivity index (χ4n) is 3.86. The number of ether oxygens (including phenoxy) is 1. The van der Waals surface area contributed by atoms with Gasteiger partial charge in [0.1, 0.15) is 17.9 Å². The Hall–Kier alpha value is -3.71. The Balaban J connectivity index is 1.33. The highest BCUT2D eigenvalue weighted by atomic mass is 35.5. The Morgan fingerprint density at radius 1 is 0.889 bits per heavy atom. The van der Waals surface area contributed by atoms with E-state index in [4.69, 9.17) is 40.2 Å². The van der Waals surface area contributed by atoms with Gasteiger partial charge in [-0.3, -0.25) is 19.8 Å². The summed E-state index contributed by atoms with van der Waals surface area (Å²) in [5.74, 6) is -0.515. The molecule has 1 aliphatic rings. The van der Waals surface area contributed by atoms with Crippen molar-refractivity contribution in [1.29, 1.82) is 0 Å². The highest BCUT2D eigenvalue weighted by Gasteiger charge is 2.35. The maximum atomic E-state index is 13.2. The Bertz CT molecular complexity index is 1550. The zero-order valence-electron chi connectivity index (χ0n) is 18.7. The highest BCUT2D eigenvalue weighted by molar-refractivity contribution is 7.80. The monoisotopic (exact) mass is 532 g/mol. The maximum absolute atomic E-state index is 13.2. The second kappa shape index (κ2) is 10.1. The number of anilines is 1. The smallest absolute Gasteiger partial charge is 0.270 e. The van der Waals surface area contributed by atoms with Crippen molar-refractivity contribution in [2.45, 2.75) is 6.61 Å². The number of carbonyl (C=O) groups excluding carboxylic acids is 2. The van der Waals surface area contributed by atoms with E-state index in [1.54, 1.807) is 42.5 Å². The van der Waals surface area contributed by atoms with E-state index in [0.717, 1.165) is 15.8 Å². The molecule has 178 valence electrons. The number of amides is 2. The van der Waals surface area contributed by atoms with Crippen LogP contribution in [0.2, 0.25) is 10.0 Å². The molecule has 4 aromatic rings. The van der Waals surface area contributed by atoms with E-state index in [9.17, 15) is 9.59 Å². The minimum absolute atomic E-state index is 0.0660. The van der Waals surface area contributed by atoms with Crippen molar-refractivity contribution in [2.24, 2.45) is 0 Å². The van der Waals surface area contributed by atoms with Crippen LogP contribution in [0.4, 0.5) is 5.69 Å². The fourth-order valence-corrected chi connectivity index (χ4v) is 4.52. The minimum atomic E-state index is -0.593. The number of hydrogen-bond donors (Lipinski definition) is 1. The summed E-state index contributed by atoms with van der Waals surface area (Å²) in [4.78, 5) is 27.0. The summed E-state index contributed by atoms with van der Waals surface area (Å²) in [5, 5.41) is 5.24. The van der Waals surface area contributed by atoms with Crippen LogP contribution in [0.1, 0.15) is 11.1 Å². The number of benzene rings is 4. The van der Waals surface area contributed by atoms with Gasteiger partial charge in [-0.05, 0) is 70.5 Å². The average molecular weight is 533 g/mol. The molecule has 0 spiro atoms. The molecule has 1 N–H and O–H groups in total. The first kappa shape index (κ1) is 24.0. The normalized spacial score (nSPS) is 14.9. The van der Waals surface area contributed by atoms with Gasteiger partial charge in [0.2, 0.25) is 0 Å². The predicted octanol–water partition coefficient (Wildman–Crippen LogP) is 6.56. The van der Waals surface area contributed by atoms with Gasteiger partial charge in [0.05, 0.1) is 15.7 Å². The number of halogens is 2. The van der Waals surface area contributed by atoms with E-state index in [-0.39, 0.29) is 20.7 Å². The lowest BCUT2D eigenvalue weighted by Crippen LogP contribution is -2.54. The third kappa shape index (κ3) is 4.84. The summed E-state index contributed by atoms with van der Waals surface area (Å²) in [5.41, 5.74) is 1.92. The largest absolute Gasteiger partial charge is 0.489 e. The van der Waals surface area contributed by atoms with E-state index in [2.05, 4.69) is 29.6 Å². The summed E-state index contributed by atoms with van der Waals surface area (Å²) in [6.07, 6.45) is 1.50. The molecule has 0 saturated carbocycles. The highest BCUT2D eigenvalue weighted by Crippen LogP contribution is 2.34. The topological polar surface area (TPSA) is 58.6 Å². The molecule has 5 nitrogen and oxygen atoms in total. The van der Waals surface area contributed by atoms with Crippen molar-refractivity contribution < 1.29 is 14.3 Å². The first-order valence-corrected chi connectivity index (χ1v) is 12.1. The zero-order chi connectivity index (χ0) is 25.2. The van der Waals surface area contributed by atoms with E-state index in [1.807, 2.05) is 18.2 Å². The van der Waals surface area contributed by atoms with Gasteiger partial charge in [0, 0.05) is 0 Å². The first-order chi connectivity index (χ1) is 17.4. The molecule has 1 fully saturated rings. The Labute approximate surface area is 222 Å². The molecule has 2 amide bonds. The van der Waals surface area contributed by atoms with Crippen LogP contribution in [-0.4, -0.2) is 16.9 Å². The first-order valence-electron chi connectivity index (χ1n) is 11.0. The fraction of sp³-hybridized carbons (Fsp3) is 0.0357. The number of hydrogen-bond acceptors (Lipinski definition) is 4. The SMILES string of the molecule is O=C1NC(=S)N(c2cccc(Cl)c2Cl)C(=O)/C1=C/c1ccc(OCc2ccc3ccccc3c2)cc1. The van der Waals surface area contributed by atoms with Crippen LogP contribution in [-0.2, 0) is 16.2 Å². The van der Waals surface area contributed by atoms with Crippen LogP contribution in [0.3, 0.4) is 0 Å². The lowest BCUT2D eigenvalue weighted by atomic mass is 10.1. The molecule has 0 aliphatic carbocycles. The standard InChI is InChI=1S/C28H18Cl2N2O3S/c29-23-6-3-7-24(25(23)30)32-27(34)22(26(33)31-28(32)36)15-17-9-12-21(13-10-17)35-16-18-8-11-19-4-1-2-5-20(19)14-18/h1-15H,16H2,(H,31,33,36)/b22-15+. The third-order valence-corrected chi connectivity index (χ3v) is 6.78. The van der Waals surface area contributed by atoms with Gasteiger partial charge in [-0.25, -0.2) is 0 Å². The van der Waals surface area contributed by atoms with Gasteiger partial charge in [-0.2, -0.15) is 0 Å². The number of rotatable bonds is 5. The van der Waals surface area contributed by atoms with E-state index >= 15 is 0 Å². The van der Waals surface area contributed by atoms with Gasteiger partial charge < -0.3 is 4.74 Å². The lowest BCUT2D eigenvalue weighted by Gasteiger charge is -2.29. The number of carbonyl (C=O) groups is 2. The van der Waals surface area contributed by atoms with E-state index in [0.29, 0.717) is 23.6 Å². The van der Waals surface area contributed by atoms with Crippen molar-refractivity contribution in [3.8, 4) is 5.75 Å². The Morgan fingerprint density at radius 3 is 2.42 bits per heavy atom. The van der Waals surface area contributed by atoms with Gasteiger partial charge in [-0.15, -0.1) is 0 Å². The molecular formula is C28H18Cl2N2O3S. The maximum Gasteiger partial charge on any atom is 0.270 e. The molecule has 0 unspecified atom stereocenters. The average Bonchev–Trinajstić information content (AvgIpc) is 2.88. The van der Waals surface area contributed by atoms with Crippen molar-refractivity contribution in [3.63, 3.8) is 0 Å². The molecule has 0 aromatic heterocycles. The molecule has 1 saturated heterocycles. The summed E-state index contributed by atoms with van der Waals surface area (Å²) in [6, 6.07) is 26.3. The zero-order valence-corrected chi connectivity index (χ0v) is 21.0. The van der Waals surface area contributed by atoms with Crippen LogP contribution in [0, 0.1) is 0 Å². The molecule has 36 heavy (non-hydrogen) atoms. The molecule has 8 heteroatoms. The minimum Gasteiger partial charge on any atom is -0.489 e. The lowest BCUT2D eigenvalue weighted by molar-refractivity contribution is -0.122. The van der Waals surface area contributed by atoms with Crippen LogP contribution >= 0.6 is 35.4 Å². The second-order valence-electron chi connectivity index (χ2n) is 8.07. The molecule has 0 radical (unpaired) electrons. The Kier molecular flexibility index (Phi) is 6.74. The van der Waals surface area contributed by atoms with E-state index in [1.165, 1.54) is 11.5 Å². The number of nitrogens with one attached hydrogen (secondary N) is 1. The Morgan fingerprint density at radius 2 is 1.64 bits per heavy atom. The van der Waals surface area contributed by atoms with Crippen LogP contribution in [0.5, 0.6) is 5.75 Å². The van der Waals surface area contributed by atoms with Crippen molar-refractivity contribution in [2.75, 3.05) is 4.90 Å². The third-order valence-electron chi connectivity index (χ3n) is 5.68. The van der Waals surface area contributed by atoms with Gasteiger partial charge >= 0.3 is 0 Å². The van der Waals surface area contributed by atoms with Crippen LogP contribution in [0.15, 0.2) is 90.5 Å². The molecule has 5 rings (SSSR count). The molecule has 0 atom stereocenters. The van der Waals surface area contributed by atoms with Crippen molar-refractivity contribution >= 4 is 74.9 Å². The summed E-state index contributed by atoms with van der Waals surface area (Å²) in [7, 11) is 0.